The molecule has 0 aliphatic carbocycles. The molecule has 0 N–H and O–H groups in total. The van der Waals surface area contributed by atoms with Gasteiger partial charge in [-0.15, -0.1) is 0 Å². The fraction of sp³-hybridized carbons (Fsp3) is 0.310. The van der Waals surface area contributed by atoms with Crippen molar-refractivity contribution in [1.82, 2.24) is 0 Å². The Morgan fingerprint density at radius 1 is 0.818 bits per heavy atom. The first-order valence-corrected chi connectivity index (χ1v) is 14.5. The van der Waals surface area contributed by atoms with Crippen molar-refractivity contribution >= 4 is 13.5 Å². The van der Waals surface area contributed by atoms with Crippen molar-refractivity contribution in [2.45, 2.75) is 45.6 Å². The topological polar surface area (TPSA) is 27.7 Å². The van der Waals surface area contributed by atoms with Crippen molar-refractivity contribution in [3.63, 3.8) is 0 Å². The Bertz CT molecular complexity index is 980. The first-order valence-electron chi connectivity index (χ1n) is 11.6. The first kappa shape index (κ1) is 25.1. The average Bonchev–Trinajstić information content (AvgIpc) is 2.83. The molecule has 33 heavy (non-hydrogen) atoms. The smallest absolute Gasteiger partial charge is 0.219 e. The van der Waals surface area contributed by atoms with E-state index in [1.165, 1.54) is 21.9 Å². The van der Waals surface area contributed by atoms with Gasteiger partial charge in [-0.1, -0.05) is 96.6 Å². The lowest BCUT2D eigenvalue weighted by atomic mass is 10.0. The zero-order chi connectivity index (χ0) is 23.5. The van der Waals surface area contributed by atoms with Crippen LogP contribution in [0.15, 0.2) is 91.0 Å². The third-order valence-electron chi connectivity index (χ3n) is 5.72. The van der Waals surface area contributed by atoms with E-state index >= 15 is 0 Å². The molecule has 0 radical (unpaired) electrons. The van der Waals surface area contributed by atoms with E-state index < -0.39 is 8.32 Å². The van der Waals surface area contributed by atoms with Crippen LogP contribution < -0.4 is 5.19 Å². The minimum Gasteiger partial charge on any atom is -0.406 e. The summed E-state index contributed by atoms with van der Waals surface area (Å²) in [6.45, 7) is 7.58. The fourth-order valence-electron chi connectivity index (χ4n) is 3.75. The highest BCUT2D eigenvalue weighted by Crippen LogP contribution is 2.26. The number of hydrogen-bond acceptors (Lipinski definition) is 3. The van der Waals surface area contributed by atoms with E-state index in [2.05, 4.69) is 111 Å². The van der Waals surface area contributed by atoms with Crippen LogP contribution in [-0.2, 0) is 26.9 Å². The van der Waals surface area contributed by atoms with Crippen LogP contribution in [0.1, 0.15) is 34.8 Å². The highest BCUT2D eigenvalue weighted by Gasteiger charge is 2.29. The molecule has 0 aliphatic rings. The predicted octanol–water partition coefficient (Wildman–Crippen LogP) is 6.47. The van der Waals surface area contributed by atoms with Crippen LogP contribution >= 0.6 is 0 Å². The number of ether oxygens (including phenoxy) is 2. The Balaban J connectivity index is 1.64. The zero-order valence-electron chi connectivity index (χ0n) is 20.3. The van der Waals surface area contributed by atoms with Gasteiger partial charge in [-0.3, -0.25) is 0 Å². The van der Waals surface area contributed by atoms with Crippen LogP contribution in [0.5, 0.6) is 0 Å². The molecule has 0 spiro atoms. The minimum absolute atomic E-state index is 0.0454. The number of aryl methyl sites for hydroxylation is 1. The molecule has 3 aromatic rings. The van der Waals surface area contributed by atoms with E-state index in [1.54, 1.807) is 7.11 Å². The summed E-state index contributed by atoms with van der Waals surface area (Å²) in [5, 5.41) is 1.32. The summed E-state index contributed by atoms with van der Waals surface area (Å²) >= 11 is 0. The van der Waals surface area contributed by atoms with Crippen LogP contribution in [0, 0.1) is 6.92 Å². The molecule has 3 nitrogen and oxygen atoms in total. The van der Waals surface area contributed by atoms with E-state index in [9.17, 15) is 0 Å². The lowest BCUT2D eigenvalue weighted by molar-refractivity contribution is -0.0390. The Labute approximate surface area is 200 Å². The van der Waals surface area contributed by atoms with Crippen LogP contribution in [0.25, 0.3) is 0 Å². The van der Waals surface area contributed by atoms with Crippen molar-refractivity contribution in [2.75, 3.05) is 13.9 Å². The largest absolute Gasteiger partial charge is 0.406 e. The van der Waals surface area contributed by atoms with Gasteiger partial charge < -0.3 is 13.9 Å². The molecule has 3 aromatic carbocycles. The molecule has 0 saturated heterocycles. The number of methoxy groups -OCH3 is 1. The van der Waals surface area contributed by atoms with Gasteiger partial charge in [0.15, 0.2) is 0 Å². The Morgan fingerprint density at radius 3 is 2.15 bits per heavy atom. The zero-order valence-corrected chi connectivity index (χ0v) is 21.3. The van der Waals surface area contributed by atoms with Crippen LogP contribution in [0.2, 0.25) is 13.1 Å². The average molecular weight is 461 g/mol. The molecule has 0 aliphatic heterocycles. The SMILES string of the molecule is COCOCc1ccc(C/C=C\CC(O[Si](C)(C)c2ccccc2)c2ccc(C)cc2)cc1. The molecule has 0 aromatic heterocycles. The highest BCUT2D eigenvalue weighted by atomic mass is 28.4. The molecule has 1 atom stereocenters. The van der Waals surface area contributed by atoms with Crippen molar-refractivity contribution in [1.29, 1.82) is 0 Å². The summed E-state index contributed by atoms with van der Waals surface area (Å²) in [5.74, 6) is 0. The number of rotatable bonds is 12. The third kappa shape index (κ3) is 8.09. The van der Waals surface area contributed by atoms with Crippen molar-refractivity contribution in [3.05, 3.63) is 113 Å². The minimum atomic E-state index is -2.04. The molecule has 0 bridgehead atoms. The molecule has 174 valence electrons. The summed E-state index contributed by atoms with van der Waals surface area (Å²) in [6, 6.07) is 28.0. The Hall–Kier alpha value is -2.50. The van der Waals surface area contributed by atoms with Gasteiger partial charge in [-0.05, 0) is 54.7 Å². The van der Waals surface area contributed by atoms with Gasteiger partial charge in [-0.25, -0.2) is 0 Å². The molecule has 0 fully saturated rings. The quantitative estimate of drug-likeness (QED) is 0.134. The first-order chi connectivity index (χ1) is 16.0. The molecule has 0 amide bonds. The number of allylic oxidation sites excluding steroid dienone is 1. The van der Waals surface area contributed by atoms with Gasteiger partial charge in [0.05, 0.1) is 12.7 Å². The second-order valence-electron chi connectivity index (χ2n) is 8.88. The molecule has 1 unspecified atom stereocenters. The van der Waals surface area contributed by atoms with E-state index in [4.69, 9.17) is 13.9 Å². The Morgan fingerprint density at radius 2 is 1.48 bits per heavy atom. The summed E-state index contributed by atoms with van der Waals surface area (Å²) in [4.78, 5) is 0. The maximum atomic E-state index is 6.83. The lowest BCUT2D eigenvalue weighted by Gasteiger charge is -2.30. The predicted molar refractivity (Wildman–Crippen MR) is 139 cm³/mol. The highest BCUT2D eigenvalue weighted by molar-refractivity contribution is 6.84. The normalized spacial score (nSPS) is 12.8. The van der Waals surface area contributed by atoms with Crippen LogP contribution in [0.3, 0.4) is 0 Å². The maximum Gasteiger partial charge on any atom is 0.219 e. The van der Waals surface area contributed by atoms with Gasteiger partial charge in [0, 0.05) is 7.11 Å². The van der Waals surface area contributed by atoms with Gasteiger partial charge in [-0.2, -0.15) is 0 Å². The van der Waals surface area contributed by atoms with Gasteiger partial charge >= 0.3 is 0 Å². The second kappa shape index (κ2) is 12.7. The summed E-state index contributed by atoms with van der Waals surface area (Å²) < 4.78 is 17.2. The summed E-state index contributed by atoms with van der Waals surface area (Å²) in [5.41, 5.74) is 4.94. The molecular weight excluding hydrogens is 424 g/mol. The molecule has 3 rings (SSSR count). The molecule has 0 heterocycles. The lowest BCUT2D eigenvalue weighted by Crippen LogP contribution is -2.45. The summed E-state index contributed by atoms with van der Waals surface area (Å²) in [6.07, 6.45) is 6.31. The molecule has 0 saturated carbocycles. The van der Waals surface area contributed by atoms with Crippen molar-refractivity contribution in [2.24, 2.45) is 0 Å². The maximum absolute atomic E-state index is 6.83. The standard InChI is InChI=1S/C29H36O3Si/c1-24-14-20-27(21-15-24)29(32-33(3,4)28-11-6-5-7-12-28)13-9-8-10-25-16-18-26(19-17-25)22-31-23-30-2/h5-9,11-12,14-21,29H,10,13,22-23H2,1-4H3/b9-8-. The van der Waals surface area contributed by atoms with Gasteiger partial charge in [0.25, 0.3) is 0 Å². The molecular formula is C29H36O3Si. The van der Waals surface area contributed by atoms with E-state index in [1.807, 2.05) is 0 Å². The van der Waals surface area contributed by atoms with Crippen LogP contribution in [0.4, 0.5) is 0 Å². The van der Waals surface area contributed by atoms with Gasteiger partial charge in [0.2, 0.25) is 8.32 Å². The molecule has 4 heteroatoms. The monoisotopic (exact) mass is 460 g/mol. The Kier molecular flexibility index (Phi) is 9.64. The van der Waals surface area contributed by atoms with E-state index in [0.29, 0.717) is 13.4 Å². The van der Waals surface area contributed by atoms with E-state index in [-0.39, 0.29) is 6.10 Å². The van der Waals surface area contributed by atoms with Crippen molar-refractivity contribution < 1.29 is 13.9 Å². The number of hydrogen-bond donors (Lipinski definition) is 0. The van der Waals surface area contributed by atoms with E-state index in [0.717, 1.165) is 18.4 Å². The number of benzene rings is 3. The third-order valence-corrected chi connectivity index (χ3v) is 8.32. The second-order valence-corrected chi connectivity index (χ2v) is 12.7. The van der Waals surface area contributed by atoms with Gasteiger partial charge in [0.1, 0.15) is 6.79 Å². The van der Waals surface area contributed by atoms with Crippen molar-refractivity contribution in [3.8, 4) is 0 Å². The summed E-state index contributed by atoms with van der Waals surface area (Å²) in [7, 11) is -0.404. The fourth-order valence-corrected chi connectivity index (χ4v) is 5.83. The van der Waals surface area contributed by atoms with Crippen LogP contribution in [-0.4, -0.2) is 22.2 Å².